The Kier molecular flexibility index (Phi) is 6.03. The SMILES string of the molecule is COc1ccc(Cl)cc1CN1CCN(C(=O)C2CC(=O)N(c3ccc4c(c3)OCO4)C2)CC1. The molecule has 2 fully saturated rings. The van der Waals surface area contributed by atoms with Crippen molar-refractivity contribution in [3.63, 3.8) is 0 Å². The zero-order valence-corrected chi connectivity index (χ0v) is 19.2. The molecule has 3 heterocycles. The Morgan fingerprint density at radius 1 is 1.09 bits per heavy atom. The zero-order valence-electron chi connectivity index (χ0n) is 18.5. The summed E-state index contributed by atoms with van der Waals surface area (Å²) in [6.45, 7) is 4.07. The van der Waals surface area contributed by atoms with Crippen molar-refractivity contribution in [2.24, 2.45) is 5.92 Å². The molecule has 5 rings (SSSR count). The number of nitrogens with zero attached hydrogens (tertiary/aromatic N) is 3. The molecule has 3 aliphatic heterocycles. The second kappa shape index (κ2) is 9.11. The van der Waals surface area contributed by atoms with E-state index in [2.05, 4.69) is 4.90 Å². The normalized spacial score (nSPS) is 20.4. The summed E-state index contributed by atoms with van der Waals surface area (Å²) in [5, 5.41) is 0.678. The van der Waals surface area contributed by atoms with E-state index in [1.54, 1.807) is 24.1 Å². The van der Waals surface area contributed by atoms with Gasteiger partial charge in [-0.2, -0.15) is 0 Å². The minimum Gasteiger partial charge on any atom is -0.496 e. The van der Waals surface area contributed by atoms with Gasteiger partial charge in [-0.3, -0.25) is 14.5 Å². The van der Waals surface area contributed by atoms with E-state index in [-0.39, 0.29) is 30.9 Å². The van der Waals surface area contributed by atoms with Gasteiger partial charge in [0.1, 0.15) is 5.75 Å². The molecule has 0 aromatic heterocycles. The number of rotatable bonds is 5. The lowest BCUT2D eigenvalue weighted by molar-refractivity contribution is -0.137. The molecule has 2 aromatic carbocycles. The molecule has 174 valence electrons. The van der Waals surface area contributed by atoms with Crippen LogP contribution in [-0.2, 0) is 16.1 Å². The molecule has 0 radical (unpaired) electrons. The molecule has 0 spiro atoms. The van der Waals surface area contributed by atoms with E-state index in [1.807, 2.05) is 29.2 Å². The number of piperazine rings is 1. The third kappa shape index (κ3) is 4.45. The van der Waals surface area contributed by atoms with Crippen molar-refractivity contribution in [2.45, 2.75) is 13.0 Å². The molecule has 8 nitrogen and oxygen atoms in total. The molecular weight excluding hydrogens is 446 g/mol. The predicted molar refractivity (Wildman–Crippen MR) is 123 cm³/mol. The van der Waals surface area contributed by atoms with Gasteiger partial charge in [-0.15, -0.1) is 0 Å². The first-order chi connectivity index (χ1) is 16.0. The fraction of sp³-hybridized carbons (Fsp3) is 0.417. The summed E-state index contributed by atoms with van der Waals surface area (Å²) in [6.07, 6.45) is 0.229. The molecule has 2 aromatic rings. The number of fused-ring (bicyclic) bond motifs is 1. The highest BCUT2D eigenvalue weighted by atomic mass is 35.5. The van der Waals surface area contributed by atoms with Crippen LogP contribution in [0.15, 0.2) is 36.4 Å². The van der Waals surface area contributed by atoms with Gasteiger partial charge >= 0.3 is 0 Å². The molecule has 3 aliphatic rings. The van der Waals surface area contributed by atoms with Gasteiger partial charge in [0.25, 0.3) is 0 Å². The number of anilines is 1. The van der Waals surface area contributed by atoms with Crippen LogP contribution in [0.2, 0.25) is 5.02 Å². The summed E-state index contributed by atoms with van der Waals surface area (Å²) in [7, 11) is 1.65. The van der Waals surface area contributed by atoms with Crippen LogP contribution in [0.3, 0.4) is 0 Å². The van der Waals surface area contributed by atoms with Crippen LogP contribution in [-0.4, -0.2) is 68.2 Å². The van der Waals surface area contributed by atoms with E-state index in [0.717, 1.165) is 30.1 Å². The number of benzene rings is 2. The molecule has 0 N–H and O–H groups in total. The minimum absolute atomic E-state index is 0.0427. The van der Waals surface area contributed by atoms with Crippen LogP contribution in [0, 0.1) is 5.92 Å². The number of amides is 2. The summed E-state index contributed by atoms with van der Waals surface area (Å²) in [4.78, 5) is 31.7. The van der Waals surface area contributed by atoms with E-state index < -0.39 is 0 Å². The summed E-state index contributed by atoms with van der Waals surface area (Å²) < 4.78 is 16.2. The van der Waals surface area contributed by atoms with Gasteiger partial charge in [-0.1, -0.05) is 11.6 Å². The smallest absolute Gasteiger partial charge is 0.231 e. The van der Waals surface area contributed by atoms with E-state index in [9.17, 15) is 9.59 Å². The Morgan fingerprint density at radius 3 is 2.67 bits per heavy atom. The highest BCUT2D eigenvalue weighted by molar-refractivity contribution is 6.30. The monoisotopic (exact) mass is 471 g/mol. The third-order valence-electron chi connectivity index (χ3n) is 6.46. The van der Waals surface area contributed by atoms with E-state index in [0.29, 0.717) is 42.7 Å². The van der Waals surface area contributed by atoms with Crippen molar-refractivity contribution in [1.29, 1.82) is 0 Å². The van der Waals surface area contributed by atoms with E-state index in [4.69, 9.17) is 25.8 Å². The first kappa shape index (κ1) is 21.9. The largest absolute Gasteiger partial charge is 0.496 e. The molecule has 2 amide bonds. The van der Waals surface area contributed by atoms with Crippen molar-refractivity contribution in [3.8, 4) is 17.2 Å². The van der Waals surface area contributed by atoms with Crippen LogP contribution >= 0.6 is 11.6 Å². The average Bonchev–Trinajstić information content (AvgIpc) is 3.45. The molecule has 1 atom stereocenters. The number of methoxy groups -OCH3 is 1. The highest BCUT2D eigenvalue weighted by Crippen LogP contribution is 2.37. The minimum atomic E-state index is -0.331. The number of ether oxygens (including phenoxy) is 3. The maximum Gasteiger partial charge on any atom is 0.231 e. The maximum atomic E-state index is 13.2. The molecule has 2 saturated heterocycles. The average molecular weight is 472 g/mol. The molecule has 0 saturated carbocycles. The summed E-state index contributed by atoms with van der Waals surface area (Å²) >= 11 is 6.15. The lowest BCUT2D eigenvalue weighted by atomic mass is 10.1. The fourth-order valence-corrected chi connectivity index (χ4v) is 4.87. The quantitative estimate of drug-likeness (QED) is 0.667. The Bertz CT molecular complexity index is 1070. The first-order valence-corrected chi connectivity index (χ1v) is 11.4. The predicted octanol–water partition coefficient (Wildman–Crippen LogP) is 2.77. The van der Waals surface area contributed by atoms with Gasteiger partial charge in [-0.25, -0.2) is 0 Å². The first-order valence-electron chi connectivity index (χ1n) is 11.1. The van der Waals surface area contributed by atoms with Crippen LogP contribution in [0.1, 0.15) is 12.0 Å². The number of halogens is 1. The second-order valence-electron chi connectivity index (χ2n) is 8.50. The van der Waals surface area contributed by atoms with Crippen LogP contribution in [0.25, 0.3) is 0 Å². The number of carbonyl (C=O) groups excluding carboxylic acids is 2. The zero-order chi connectivity index (χ0) is 22.9. The standard InChI is InChI=1S/C24H26ClN3O5/c1-31-20-4-2-18(25)10-16(20)13-26-6-8-27(9-7-26)24(30)17-11-23(29)28(14-17)19-3-5-21-22(12-19)33-15-32-21/h2-5,10,12,17H,6-9,11,13-15H2,1H3. The highest BCUT2D eigenvalue weighted by Gasteiger charge is 2.38. The van der Waals surface area contributed by atoms with Gasteiger partial charge in [-0.05, 0) is 30.3 Å². The summed E-state index contributed by atoms with van der Waals surface area (Å²) in [5.74, 6) is 1.78. The van der Waals surface area contributed by atoms with Crippen LogP contribution in [0.5, 0.6) is 17.2 Å². The van der Waals surface area contributed by atoms with Crippen molar-refractivity contribution < 1.29 is 23.8 Å². The van der Waals surface area contributed by atoms with Crippen LogP contribution in [0.4, 0.5) is 5.69 Å². The summed E-state index contributed by atoms with van der Waals surface area (Å²) in [5.41, 5.74) is 1.77. The topological polar surface area (TPSA) is 71.6 Å². The third-order valence-corrected chi connectivity index (χ3v) is 6.70. The Morgan fingerprint density at radius 2 is 1.88 bits per heavy atom. The van der Waals surface area contributed by atoms with Gasteiger partial charge in [0.15, 0.2) is 11.5 Å². The lowest BCUT2D eigenvalue weighted by Crippen LogP contribution is -2.50. The Hall–Kier alpha value is -2.97. The molecule has 0 bridgehead atoms. The second-order valence-corrected chi connectivity index (χ2v) is 8.94. The Labute approximate surface area is 197 Å². The van der Waals surface area contributed by atoms with Crippen LogP contribution < -0.4 is 19.1 Å². The number of hydrogen-bond acceptors (Lipinski definition) is 6. The van der Waals surface area contributed by atoms with E-state index >= 15 is 0 Å². The maximum absolute atomic E-state index is 13.2. The summed E-state index contributed by atoms with van der Waals surface area (Å²) in [6, 6.07) is 11.1. The van der Waals surface area contributed by atoms with Gasteiger partial charge in [0, 0.05) is 68.0 Å². The van der Waals surface area contributed by atoms with Gasteiger partial charge in [0.05, 0.1) is 13.0 Å². The van der Waals surface area contributed by atoms with Gasteiger partial charge in [0.2, 0.25) is 18.6 Å². The van der Waals surface area contributed by atoms with Gasteiger partial charge < -0.3 is 24.0 Å². The molecule has 33 heavy (non-hydrogen) atoms. The van der Waals surface area contributed by atoms with Crippen molar-refractivity contribution >= 4 is 29.1 Å². The van der Waals surface area contributed by atoms with E-state index in [1.165, 1.54) is 0 Å². The molecular formula is C24H26ClN3O5. The number of hydrogen-bond donors (Lipinski definition) is 0. The van der Waals surface area contributed by atoms with Crippen molar-refractivity contribution in [3.05, 3.63) is 47.0 Å². The Balaban J connectivity index is 1.18. The fourth-order valence-electron chi connectivity index (χ4n) is 4.67. The molecule has 9 heteroatoms. The molecule has 1 unspecified atom stereocenters. The van der Waals surface area contributed by atoms with Crippen molar-refractivity contribution in [1.82, 2.24) is 9.80 Å². The number of carbonyl (C=O) groups is 2. The van der Waals surface area contributed by atoms with Crippen molar-refractivity contribution in [2.75, 3.05) is 51.5 Å². The lowest BCUT2D eigenvalue weighted by Gasteiger charge is -2.36. The molecule has 0 aliphatic carbocycles.